The van der Waals surface area contributed by atoms with Crippen LogP contribution in [0.1, 0.15) is 12.8 Å². The number of carbonyl (C=O) groups is 2. The molecule has 3 N–H and O–H groups in total. The van der Waals surface area contributed by atoms with Crippen molar-refractivity contribution in [2.24, 2.45) is 0 Å². The van der Waals surface area contributed by atoms with Gasteiger partial charge >= 0.3 is 5.97 Å². The number of benzene rings is 1. The van der Waals surface area contributed by atoms with Crippen molar-refractivity contribution < 1.29 is 24.7 Å². The van der Waals surface area contributed by atoms with E-state index in [0.29, 0.717) is 0 Å². The predicted molar refractivity (Wildman–Crippen MR) is 60.3 cm³/mol. The standard InChI is InChI=1S/C10H10N2O6/c13-6-1-2-7(8(5-6)12(17)18)11-9(14)3-4-10(15)16/h1-2,5,13H,3-4H2,(H,11,14)(H,15,16). The predicted octanol–water partition coefficient (Wildman–Crippen LogP) is 1.10. The lowest BCUT2D eigenvalue weighted by Crippen LogP contribution is -2.14. The molecule has 1 amide bonds. The third-order valence-corrected chi connectivity index (χ3v) is 2.02. The second-order valence-corrected chi connectivity index (χ2v) is 3.40. The number of carboxylic acid groups (broad SMARTS) is 1. The quantitative estimate of drug-likeness (QED) is 0.410. The third kappa shape index (κ3) is 3.74. The van der Waals surface area contributed by atoms with Gasteiger partial charge in [-0.1, -0.05) is 0 Å². The Morgan fingerprint density at radius 2 is 2.00 bits per heavy atom. The number of hydrogen-bond donors (Lipinski definition) is 3. The molecule has 0 spiro atoms. The number of nitrogens with one attached hydrogen (secondary N) is 1. The Morgan fingerprint density at radius 1 is 1.33 bits per heavy atom. The Labute approximate surface area is 101 Å². The molecule has 8 nitrogen and oxygen atoms in total. The Morgan fingerprint density at radius 3 is 2.56 bits per heavy atom. The zero-order valence-electron chi connectivity index (χ0n) is 9.12. The minimum Gasteiger partial charge on any atom is -0.508 e. The van der Waals surface area contributed by atoms with Crippen molar-refractivity contribution in [2.45, 2.75) is 12.8 Å². The van der Waals surface area contributed by atoms with Gasteiger partial charge in [-0.25, -0.2) is 0 Å². The molecule has 0 aromatic heterocycles. The topological polar surface area (TPSA) is 130 Å². The van der Waals surface area contributed by atoms with Gasteiger partial charge < -0.3 is 15.5 Å². The number of phenolic OH excluding ortho intramolecular Hbond substituents is 1. The number of nitrogens with zero attached hydrogens (tertiary/aromatic N) is 1. The summed E-state index contributed by atoms with van der Waals surface area (Å²) < 4.78 is 0. The van der Waals surface area contributed by atoms with Gasteiger partial charge in [0.2, 0.25) is 5.91 Å². The highest BCUT2D eigenvalue weighted by molar-refractivity contribution is 5.94. The molecule has 0 aliphatic carbocycles. The van der Waals surface area contributed by atoms with E-state index in [0.717, 1.165) is 6.07 Å². The number of rotatable bonds is 5. The molecule has 18 heavy (non-hydrogen) atoms. The third-order valence-electron chi connectivity index (χ3n) is 2.02. The second kappa shape index (κ2) is 5.62. The summed E-state index contributed by atoms with van der Waals surface area (Å²) >= 11 is 0. The first-order valence-corrected chi connectivity index (χ1v) is 4.89. The first kappa shape index (κ1) is 13.4. The molecule has 0 saturated carbocycles. The van der Waals surface area contributed by atoms with Crippen molar-refractivity contribution in [3.05, 3.63) is 28.3 Å². The van der Waals surface area contributed by atoms with E-state index in [1.807, 2.05) is 0 Å². The molecule has 0 unspecified atom stereocenters. The van der Waals surface area contributed by atoms with Gasteiger partial charge in [0, 0.05) is 6.42 Å². The molecule has 0 heterocycles. The van der Waals surface area contributed by atoms with E-state index in [-0.39, 0.29) is 24.3 Å². The monoisotopic (exact) mass is 254 g/mol. The number of carboxylic acids is 1. The largest absolute Gasteiger partial charge is 0.508 e. The van der Waals surface area contributed by atoms with Crippen molar-refractivity contribution in [1.29, 1.82) is 0 Å². The highest BCUT2D eigenvalue weighted by Crippen LogP contribution is 2.28. The van der Waals surface area contributed by atoms with Crippen molar-refractivity contribution in [3.63, 3.8) is 0 Å². The fourth-order valence-corrected chi connectivity index (χ4v) is 1.21. The van der Waals surface area contributed by atoms with Gasteiger partial charge in [0.1, 0.15) is 11.4 Å². The second-order valence-electron chi connectivity index (χ2n) is 3.40. The number of nitro groups is 1. The first-order valence-electron chi connectivity index (χ1n) is 4.89. The van der Waals surface area contributed by atoms with Gasteiger partial charge in [0.15, 0.2) is 0 Å². The summed E-state index contributed by atoms with van der Waals surface area (Å²) in [5, 5.41) is 30.4. The summed E-state index contributed by atoms with van der Waals surface area (Å²) in [6.07, 6.45) is -0.648. The van der Waals surface area contributed by atoms with Crippen LogP contribution < -0.4 is 5.32 Å². The minimum absolute atomic E-state index is 0.0896. The Hall–Kier alpha value is -2.64. The molecule has 1 aromatic rings. The van der Waals surface area contributed by atoms with E-state index in [1.165, 1.54) is 12.1 Å². The van der Waals surface area contributed by atoms with Gasteiger partial charge in [0.05, 0.1) is 17.4 Å². The molecule has 0 bridgehead atoms. The number of carbonyl (C=O) groups excluding carboxylic acids is 1. The summed E-state index contributed by atoms with van der Waals surface area (Å²) in [6, 6.07) is 3.25. The first-order chi connectivity index (χ1) is 8.40. The van der Waals surface area contributed by atoms with Crippen molar-refractivity contribution in [1.82, 2.24) is 0 Å². The SMILES string of the molecule is O=C(O)CCC(=O)Nc1ccc(O)cc1[N+](=O)[O-]. The van der Waals surface area contributed by atoms with Crippen LogP contribution in [-0.2, 0) is 9.59 Å². The molecule has 0 fully saturated rings. The lowest BCUT2D eigenvalue weighted by Gasteiger charge is -2.05. The molecular formula is C10H10N2O6. The highest BCUT2D eigenvalue weighted by atomic mass is 16.6. The van der Waals surface area contributed by atoms with Crippen LogP contribution in [0.2, 0.25) is 0 Å². The number of aromatic hydroxyl groups is 1. The summed E-state index contributed by atoms with van der Waals surface area (Å²) in [5.41, 5.74) is -0.549. The smallest absolute Gasteiger partial charge is 0.303 e. The van der Waals surface area contributed by atoms with Crippen LogP contribution in [-0.4, -0.2) is 27.0 Å². The summed E-state index contributed by atoms with van der Waals surface area (Å²) in [5.74, 6) is -2.08. The number of anilines is 1. The van der Waals surface area contributed by atoms with Crippen LogP contribution in [0.3, 0.4) is 0 Å². The normalized spacial score (nSPS) is 9.78. The summed E-state index contributed by atoms with van der Waals surface area (Å²) in [6.45, 7) is 0. The van der Waals surface area contributed by atoms with Crippen molar-refractivity contribution >= 4 is 23.3 Å². The number of phenols is 1. The molecule has 1 rings (SSSR count). The van der Waals surface area contributed by atoms with E-state index < -0.39 is 22.5 Å². The fraction of sp³-hybridized carbons (Fsp3) is 0.200. The molecule has 96 valence electrons. The van der Waals surface area contributed by atoms with E-state index in [9.17, 15) is 19.7 Å². The lowest BCUT2D eigenvalue weighted by molar-refractivity contribution is -0.384. The number of aliphatic carboxylic acids is 1. The van der Waals surface area contributed by atoms with E-state index in [1.54, 1.807) is 0 Å². The minimum atomic E-state index is -1.13. The van der Waals surface area contributed by atoms with Crippen LogP contribution in [0.5, 0.6) is 5.75 Å². The van der Waals surface area contributed by atoms with Gasteiger partial charge in [0.25, 0.3) is 5.69 Å². The average molecular weight is 254 g/mol. The Bertz CT molecular complexity index is 499. The van der Waals surface area contributed by atoms with Crippen molar-refractivity contribution in [3.8, 4) is 5.75 Å². The molecule has 0 saturated heterocycles. The van der Waals surface area contributed by atoms with Crippen LogP contribution in [0.15, 0.2) is 18.2 Å². The van der Waals surface area contributed by atoms with Crippen LogP contribution in [0, 0.1) is 10.1 Å². The maximum atomic E-state index is 11.3. The highest BCUT2D eigenvalue weighted by Gasteiger charge is 2.16. The Kier molecular flexibility index (Phi) is 4.19. The number of hydrogen-bond acceptors (Lipinski definition) is 5. The average Bonchev–Trinajstić information content (AvgIpc) is 2.28. The van der Waals surface area contributed by atoms with Crippen molar-refractivity contribution in [2.75, 3.05) is 5.32 Å². The molecule has 8 heteroatoms. The molecule has 1 aromatic carbocycles. The summed E-state index contributed by atoms with van der Waals surface area (Å²) in [7, 11) is 0. The van der Waals surface area contributed by atoms with E-state index in [4.69, 9.17) is 10.2 Å². The summed E-state index contributed by atoms with van der Waals surface area (Å²) in [4.78, 5) is 31.5. The molecular weight excluding hydrogens is 244 g/mol. The van der Waals surface area contributed by atoms with Gasteiger partial charge in [-0.05, 0) is 12.1 Å². The van der Waals surface area contributed by atoms with E-state index in [2.05, 4.69) is 5.32 Å². The zero-order valence-corrected chi connectivity index (χ0v) is 9.12. The van der Waals surface area contributed by atoms with Crippen LogP contribution >= 0.6 is 0 Å². The maximum absolute atomic E-state index is 11.3. The maximum Gasteiger partial charge on any atom is 0.303 e. The molecule has 0 radical (unpaired) electrons. The number of amides is 1. The van der Waals surface area contributed by atoms with Gasteiger partial charge in [-0.15, -0.1) is 0 Å². The van der Waals surface area contributed by atoms with Gasteiger partial charge in [-0.2, -0.15) is 0 Å². The van der Waals surface area contributed by atoms with Gasteiger partial charge in [-0.3, -0.25) is 19.7 Å². The van der Waals surface area contributed by atoms with E-state index >= 15 is 0 Å². The fourth-order valence-electron chi connectivity index (χ4n) is 1.21. The zero-order chi connectivity index (χ0) is 13.7. The number of nitro benzene ring substituents is 1. The molecule has 0 aliphatic rings. The molecule has 0 aliphatic heterocycles. The van der Waals surface area contributed by atoms with Crippen LogP contribution in [0.25, 0.3) is 0 Å². The lowest BCUT2D eigenvalue weighted by atomic mass is 10.2. The van der Waals surface area contributed by atoms with Crippen LogP contribution in [0.4, 0.5) is 11.4 Å². The molecule has 0 atom stereocenters. The Balaban J connectivity index is 2.81.